The first-order valence-electron chi connectivity index (χ1n) is 8.69. The second kappa shape index (κ2) is 7.57. The zero-order chi connectivity index (χ0) is 16.1. The summed E-state index contributed by atoms with van der Waals surface area (Å²) in [5.74, 6) is 2.01. The van der Waals surface area contributed by atoms with E-state index in [1.54, 1.807) is 0 Å². The van der Waals surface area contributed by atoms with Crippen molar-refractivity contribution < 1.29 is 9.59 Å². The van der Waals surface area contributed by atoms with E-state index in [2.05, 4.69) is 20.1 Å². The number of aryl methyl sites for hydroxylation is 1. The first-order valence-corrected chi connectivity index (χ1v) is 8.69. The van der Waals surface area contributed by atoms with Gasteiger partial charge >= 0.3 is 0 Å². The van der Waals surface area contributed by atoms with Gasteiger partial charge in [-0.25, -0.2) is 0 Å². The second-order valence-electron chi connectivity index (χ2n) is 6.36. The average molecular weight is 319 g/mol. The normalized spacial score (nSPS) is 18.4. The summed E-state index contributed by atoms with van der Waals surface area (Å²) in [7, 11) is 0. The Kier molecular flexibility index (Phi) is 5.25. The monoisotopic (exact) mass is 319 g/mol. The summed E-state index contributed by atoms with van der Waals surface area (Å²) < 4.78 is 2.11. The molecule has 1 fully saturated rings. The maximum atomic E-state index is 12.0. The summed E-state index contributed by atoms with van der Waals surface area (Å²) in [6.45, 7) is 2.65. The molecule has 126 valence electrons. The Labute approximate surface area is 136 Å². The standard InChI is InChI=1S/C16H25N5O2/c22-15(8-11-20-9-4-1-2-7-16(20)23)17-12-14-19-18-13-6-3-5-10-21(13)14/h1-12H2,(H,17,22). The van der Waals surface area contributed by atoms with Crippen LogP contribution in [0.5, 0.6) is 0 Å². The summed E-state index contributed by atoms with van der Waals surface area (Å²) >= 11 is 0. The van der Waals surface area contributed by atoms with Crippen LogP contribution in [0.2, 0.25) is 0 Å². The van der Waals surface area contributed by atoms with Gasteiger partial charge in [-0.2, -0.15) is 0 Å². The van der Waals surface area contributed by atoms with Crippen LogP contribution in [0.15, 0.2) is 0 Å². The fourth-order valence-electron chi connectivity index (χ4n) is 3.28. The van der Waals surface area contributed by atoms with Crippen molar-refractivity contribution in [2.45, 2.75) is 64.5 Å². The van der Waals surface area contributed by atoms with Crippen LogP contribution in [0, 0.1) is 0 Å². The highest BCUT2D eigenvalue weighted by Gasteiger charge is 2.18. The minimum Gasteiger partial charge on any atom is -0.349 e. The number of hydrogen-bond acceptors (Lipinski definition) is 4. The van der Waals surface area contributed by atoms with Gasteiger partial charge in [0.1, 0.15) is 5.82 Å². The quantitative estimate of drug-likeness (QED) is 0.879. The number of nitrogens with zero attached hydrogens (tertiary/aromatic N) is 4. The summed E-state index contributed by atoms with van der Waals surface area (Å²) in [4.78, 5) is 25.8. The molecule has 0 unspecified atom stereocenters. The average Bonchev–Trinajstić information content (AvgIpc) is 2.87. The van der Waals surface area contributed by atoms with Crippen molar-refractivity contribution in [2.24, 2.45) is 0 Å². The molecule has 2 aliphatic rings. The molecule has 1 aromatic rings. The van der Waals surface area contributed by atoms with Gasteiger partial charge in [0.25, 0.3) is 0 Å². The molecule has 1 N–H and O–H groups in total. The van der Waals surface area contributed by atoms with E-state index in [1.807, 2.05) is 4.90 Å². The minimum atomic E-state index is -0.0322. The van der Waals surface area contributed by atoms with Crippen LogP contribution in [0.4, 0.5) is 0 Å². The first-order chi connectivity index (χ1) is 11.2. The zero-order valence-corrected chi connectivity index (χ0v) is 13.6. The van der Waals surface area contributed by atoms with Gasteiger partial charge < -0.3 is 14.8 Å². The molecule has 23 heavy (non-hydrogen) atoms. The molecule has 2 aliphatic heterocycles. The largest absolute Gasteiger partial charge is 0.349 e. The van der Waals surface area contributed by atoms with Gasteiger partial charge in [-0.1, -0.05) is 6.42 Å². The van der Waals surface area contributed by atoms with E-state index < -0.39 is 0 Å². The number of carbonyl (C=O) groups is 2. The molecule has 7 heteroatoms. The topological polar surface area (TPSA) is 80.1 Å². The minimum absolute atomic E-state index is 0.0322. The molecule has 1 saturated heterocycles. The highest BCUT2D eigenvalue weighted by molar-refractivity contribution is 5.79. The molecular weight excluding hydrogens is 294 g/mol. The van der Waals surface area contributed by atoms with Crippen molar-refractivity contribution in [3.63, 3.8) is 0 Å². The third-order valence-electron chi connectivity index (χ3n) is 4.66. The summed E-state index contributed by atoms with van der Waals surface area (Å²) in [5, 5.41) is 11.3. The Morgan fingerprint density at radius 3 is 2.78 bits per heavy atom. The molecule has 3 heterocycles. The highest BCUT2D eigenvalue weighted by Crippen LogP contribution is 2.14. The van der Waals surface area contributed by atoms with E-state index in [1.165, 1.54) is 0 Å². The SMILES string of the molecule is O=C(CCN1CCCCCC1=O)NCc1nnc2n1CCCC2. The lowest BCUT2D eigenvalue weighted by Crippen LogP contribution is -2.35. The molecule has 2 amide bonds. The number of amides is 2. The van der Waals surface area contributed by atoms with Crippen LogP contribution >= 0.6 is 0 Å². The Hall–Kier alpha value is -1.92. The summed E-state index contributed by atoms with van der Waals surface area (Å²) in [5.41, 5.74) is 0. The molecule has 0 aliphatic carbocycles. The van der Waals surface area contributed by atoms with E-state index in [9.17, 15) is 9.59 Å². The van der Waals surface area contributed by atoms with Gasteiger partial charge in [-0.3, -0.25) is 9.59 Å². The van der Waals surface area contributed by atoms with Crippen molar-refractivity contribution in [1.29, 1.82) is 0 Å². The number of fused-ring (bicyclic) bond motifs is 1. The number of aromatic nitrogens is 3. The van der Waals surface area contributed by atoms with Crippen LogP contribution < -0.4 is 5.32 Å². The van der Waals surface area contributed by atoms with E-state index in [4.69, 9.17) is 0 Å². The molecule has 0 saturated carbocycles. The van der Waals surface area contributed by atoms with Crippen LogP contribution in [-0.4, -0.2) is 44.6 Å². The van der Waals surface area contributed by atoms with Crippen molar-refractivity contribution in [3.8, 4) is 0 Å². The first kappa shape index (κ1) is 16.0. The molecule has 7 nitrogen and oxygen atoms in total. The highest BCUT2D eigenvalue weighted by atomic mass is 16.2. The summed E-state index contributed by atoms with van der Waals surface area (Å²) in [6.07, 6.45) is 7.36. The van der Waals surface area contributed by atoms with Crippen molar-refractivity contribution in [1.82, 2.24) is 25.0 Å². The van der Waals surface area contributed by atoms with E-state index in [0.29, 0.717) is 25.9 Å². The van der Waals surface area contributed by atoms with E-state index in [-0.39, 0.29) is 11.8 Å². The predicted molar refractivity (Wildman–Crippen MR) is 84.5 cm³/mol. The van der Waals surface area contributed by atoms with Gasteiger partial charge in [-0.15, -0.1) is 10.2 Å². The van der Waals surface area contributed by atoms with Crippen LogP contribution in [0.1, 0.15) is 56.6 Å². The molecule has 0 spiro atoms. The molecule has 1 aromatic heterocycles. The fourth-order valence-corrected chi connectivity index (χ4v) is 3.28. The lowest BCUT2D eigenvalue weighted by atomic mass is 10.2. The van der Waals surface area contributed by atoms with Crippen LogP contribution in [0.3, 0.4) is 0 Å². The van der Waals surface area contributed by atoms with Gasteiger partial charge in [0.05, 0.1) is 6.54 Å². The number of nitrogens with one attached hydrogen (secondary N) is 1. The predicted octanol–water partition coefficient (Wildman–Crippen LogP) is 1.02. The number of hydrogen-bond donors (Lipinski definition) is 1. The maximum Gasteiger partial charge on any atom is 0.222 e. The van der Waals surface area contributed by atoms with Gasteiger partial charge in [0, 0.05) is 38.9 Å². The van der Waals surface area contributed by atoms with Gasteiger partial charge in [0.15, 0.2) is 5.82 Å². The Balaban J connectivity index is 1.44. The Morgan fingerprint density at radius 2 is 1.87 bits per heavy atom. The van der Waals surface area contributed by atoms with Crippen molar-refractivity contribution in [2.75, 3.05) is 13.1 Å². The van der Waals surface area contributed by atoms with Crippen molar-refractivity contribution >= 4 is 11.8 Å². The van der Waals surface area contributed by atoms with Gasteiger partial charge in [0.2, 0.25) is 11.8 Å². The number of rotatable bonds is 5. The lowest BCUT2D eigenvalue weighted by molar-refractivity contribution is -0.131. The molecule has 0 bridgehead atoms. The van der Waals surface area contributed by atoms with E-state index in [0.717, 1.165) is 63.3 Å². The molecule has 0 radical (unpaired) electrons. The molecule has 0 aromatic carbocycles. The van der Waals surface area contributed by atoms with Crippen LogP contribution in [-0.2, 0) is 29.1 Å². The van der Waals surface area contributed by atoms with E-state index >= 15 is 0 Å². The second-order valence-corrected chi connectivity index (χ2v) is 6.36. The zero-order valence-electron chi connectivity index (χ0n) is 13.6. The number of carbonyl (C=O) groups excluding carboxylic acids is 2. The molecule has 0 atom stereocenters. The third-order valence-corrected chi connectivity index (χ3v) is 4.66. The Bertz CT molecular complexity index is 569. The summed E-state index contributed by atoms with van der Waals surface area (Å²) in [6, 6.07) is 0. The lowest BCUT2D eigenvalue weighted by Gasteiger charge is -2.20. The van der Waals surface area contributed by atoms with Crippen molar-refractivity contribution in [3.05, 3.63) is 11.6 Å². The van der Waals surface area contributed by atoms with Gasteiger partial charge in [-0.05, 0) is 25.7 Å². The Morgan fingerprint density at radius 1 is 1.04 bits per heavy atom. The molecular formula is C16H25N5O2. The third kappa shape index (κ3) is 4.09. The smallest absolute Gasteiger partial charge is 0.222 e. The number of likely N-dealkylation sites (tertiary alicyclic amines) is 1. The maximum absolute atomic E-state index is 12.0. The fraction of sp³-hybridized carbons (Fsp3) is 0.750. The van der Waals surface area contributed by atoms with Crippen LogP contribution in [0.25, 0.3) is 0 Å². The molecule has 3 rings (SSSR count).